The normalized spacial score (nSPS) is 15.4. The van der Waals surface area contributed by atoms with E-state index in [0.29, 0.717) is 13.0 Å². The van der Waals surface area contributed by atoms with Crippen molar-refractivity contribution in [3.05, 3.63) is 65.4 Å². The monoisotopic (exact) mass is 406 g/mol. The largest absolute Gasteiger partial charge is 0.497 e. The number of rotatable bonds is 8. The third kappa shape index (κ3) is 4.51. The van der Waals surface area contributed by atoms with Crippen molar-refractivity contribution >= 4 is 16.9 Å². The average Bonchev–Trinajstić information content (AvgIpc) is 3.44. The molecule has 30 heavy (non-hydrogen) atoms. The maximum atomic E-state index is 12.8. The van der Waals surface area contributed by atoms with Crippen LogP contribution in [0.3, 0.4) is 0 Å². The molecule has 0 spiro atoms. The lowest BCUT2D eigenvalue weighted by Gasteiger charge is -2.28. The molecule has 0 radical (unpaired) electrons. The molecule has 1 atom stereocenters. The number of nitrogens with zero attached hydrogens (tertiary/aromatic N) is 1. The Kier molecular flexibility index (Phi) is 6.38. The van der Waals surface area contributed by atoms with E-state index in [1.54, 1.807) is 13.4 Å². The molecule has 1 fully saturated rings. The van der Waals surface area contributed by atoms with Crippen molar-refractivity contribution in [1.82, 2.24) is 10.2 Å². The molecule has 1 aliphatic heterocycles. The lowest BCUT2D eigenvalue weighted by atomic mass is 10.0. The van der Waals surface area contributed by atoms with E-state index < -0.39 is 0 Å². The fourth-order valence-corrected chi connectivity index (χ4v) is 4.29. The summed E-state index contributed by atoms with van der Waals surface area (Å²) in [6, 6.07) is 14.5. The fourth-order valence-electron chi connectivity index (χ4n) is 4.29. The predicted molar refractivity (Wildman–Crippen MR) is 119 cm³/mol. The summed E-state index contributed by atoms with van der Waals surface area (Å²) in [5.41, 5.74) is 4.20. The van der Waals surface area contributed by atoms with Gasteiger partial charge < -0.3 is 14.5 Å². The molecule has 1 N–H and O–H groups in total. The molecule has 1 aromatic heterocycles. The van der Waals surface area contributed by atoms with Crippen LogP contribution in [0.1, 0.15) is 42.5 Å². The van der Waals surface area contributed by atoms with E-state index in [1.807, 2.05) is 12.1 Å². The van der Waals surface area contributed by atoms with Gasteiger partial charge in [-0.1, -0.05) is 31.2 Å². The highest BCUT2D eigenvalue weighted by molar-refractivity contribution is 5.88. The number of amides is 1. The van der Waals surface area contributed by atoms with Crippen molar-refractivity contribution in [1.29, 1.82) is 0 Å². The number of furan rings is 1. The van der Waals surface area contributed by atoms with E-state index in [9.17, 15) is 4.79 Å². The first-order chi connectivity index (χ1) is 14.7. The topological polar surface area (TPSA) is 54.7 Å². The van der Waals surface area contributed by atoms with Crippen molar-refractivity contribution in [2.24, 2.45) is 0 Å². The number of ether oxygens (including phenoxy) is 1. The smallest absolute Gasteiger partial charge is 0.224 e. The summed E-state index contributed by atoms with van der Waals surface area (Å²) >= 11 is 0. The molecular weight excluding hydrogens is 376 g/mol. The quantitative estimate of drug-likeness (QED) is 0.598. The van der Waals surface area contributed by atoms with Crippen LogP contribution in [-0.2, 0) is 17.6 Å². The second-order valence-electron chi connectivity index (χ2n) is 7.96. The molecule has 4 rings (SSSR count). The van der Waals surface area contributed by atoms with Gasteiger partial charge in [-0.15, -0.1) is 0 Å². The van der Waals surface area contributed by atoms with Crippen LogP contribution in [0, 0.1) is 0 Å². The van der Waals surface area contributed by atoms with Gasteiger partial charge in [0.2, 0.25) is 5.91 Å². The molecule has 1 amide bonds. The molecule has 0 saturated carbocycles. The van der Waals surface area contributed by atoms with E-state index in [2.05, 4.69) is 47.5 Å². The first-order valence-electron chi connectivity index (χ1n) is 10.8. The molecule has 2 aromatic carbocycles. The summed E-state index contributed by atoms with van der Waals surface area (Å²) in [6.45, 7) is 4.83. The van der Waals surface area contributed by atoms with Gasteiger partial charge in [-0.05, 0) is 61.7 Å². The summed E-state index contributed by atoms with van der Waals surface area (Å²) < 4.78 is 11.1. The highest BCUT2D eigenvalue weighted by atomic mass is 16.5. The van der Waals surface area contributed by atoms with Gasteiger partial charge in [-0.3, -0.25) is 9.69 Å². The van der Waals surface area contributed by atoms with Gasteiger partial charge in [-0.2, -0.15) is 0 Å². The number of methoxy groups -OCH3 is 1. The number of aryl methyl sites for hydroxylation is 1. The van der Waals surface area contributed by atoms with Crippen LogP contribution < -0.4 is 10.1 Å². The van der Waals surface area contributed by atoms with Gasteiger partial charge in [0.05, 0.1) is 25.8 Å². The second kappa shape index (κ2) is 9.35. The van der Waals surface area contributed by atoms with Crippen molar-refractivity contribution < 1.29 is 13.9 Å². The van der Waals surface area contributed by atoms with E-state index in [1.165, 1.54) is 24.0 Å². The van der Waals surface area contributed by atoms with Gasteiger partial charge in [-0.25, -0.2) is 0 Å². The number of hydrogen-bond donors (Lipinski definition) is 1. The minimum atomic E-state index is 0.0179. The highest BCUT2D eigenvalue weighted by Crippen LogP contribution is 2.27. The Hall–Kier alpha value is -2.79. The zero-order chi connectivity index (χ0) is 20.9. The van der Waals surface area contributed by atoms with Crippen LogP contribution in [-0.4, -0.2) is 37.6 Å². The summed E-state index contributed by atoms with van der Waals surface area (Å²) in [5, 5.41) is 4.18. The molecule has 1 unspecified atom stereocenters. The summed E-state index contributed by atoms with van der Waals surface area (Å²) in [6.07, 6.45) is 5.41. The van der Waals surface area contributed by atoms with Crippen molar-refractivity contribution in [3.63, 3.8) is 0 Å². The molecule has 1 aliphatic rings. The highest BCUT2D eigenvalue weighted by Gasteiger charge is 2.24. The van der Waals surface area contributed by atoms with Gasteiger partial charge >= 0.3 is 0 Å². The van der Waals surface area contributed by atoms with Crippen LogP contribution in [0.5, 0.6) is 5.75 Å². The Morgan fingerprint density at radius 3 is 2.80 bits per heavy atom. The average molecular weight is 407 g/mol. The molecule has 0 aliphatic carbocycles. The van der Waals surface area contributed by atoms with E-state index in [0.717, 1.165) is 41.8 Å². The third-order valence-electron chi connectivity index (χ3n) is 6.03. The lowest BCUT2D eigenvalue weighted by molar-refractivity contribution is -0.120. The van der Waals surface area contributed by atoms with E-state index in [4.69, 9.17) is 9.15 Å². The van der Waals surface area contributed by atoms with Gasteiger partial charge in [0.25, 0.3) is 0 Å². The Morgan fingerprint density at radius 1 is 1.20 bits per heavy atom. The molecular formula is C25H30N2O3. The Balaban J connectivity index is 1.45. The van der Waals surface area contributed by atoms with E-state index in [-0.39, 0.29) is 11.9 Å². The molecule has 2 heterocycles. The first-order valence-corrected chi connectivity index (χ1v) is 10.8. The lowest BCUT2D eigenvalue weighted by Crippen LogP contribution is -2.37. The van der Waals surface area contributed by atoms with Gasteiger partial charge in [0, 0.05) is 17.5 Å². The van der Waals surface area contributed by atoms with Crippen LogP contribution in [0.4, 0.5) is 0 Å². The number of carbonyl (C=O) groups excluding carboxylic acids is 1. The third-order valence-corrected chi connectivity index (χ3v) is 6.03. The number of carbonyl (C=O) groups is 1. The van der Waals surface area contributed by atoms with Crippen molar-refractivity contribution in [3.8, 4) is 5.75 Å². The number of hydrogen-bond acceptors (Lipinski definition) is 4. The summed E-state index contributed by atoms with van der Waals surface area (Å²) in [4.78, 5) is 15.2. The number of benzene rings is 2. The first kappa shape index (κ1) is 20.5. The number of likely N-dealkylation sites (tertiary alicyclic amines) is 1. The molecule has 0 bridgehead atoms. The van der Waals surface area contributed by atoms with Gasteiger partial charge in [0.1, 0.15) is 11.3 Å². The Bertz CT molecular complexity index is 1000. The van der Waals surface area contributed by atoms with Crippen molar-refractivity contribution in [2.75, 3.05) is 26.7 Å². The van der Waals surface area contributed by atoms with Crippen LogP contribution in [0.25, 0.3) is 11.0 Å². The summed E-state index contributed by atoms with van der Waals surface area (Å²) in [5.74, 6) is 0.865. The minimum Gasteiger partial charge on any atom is -0.497 e. The second-order valence-corrected chi connectivity index (χ2v) is 7.96. The molecule has 5 heteroatoms. The van der Waals surface area contributed by atoms with Crippen LogP contribution >= 0.6 is 0 Å². The Morgan fingerprint density at radius 2 is 2.03 bits per heavy atom. The predicted octanol–water partition coefficient (Wildman–Crippen LogP) is 4.50. The fraction of sp³-hybridized carbons (Fsp3) is 0.400. The maximum Gasteiger partial charge on any atom is 0.224 e. The molecule has 3 aromatic rings. The molecule has 158 valence electrons. The minimum absolute atomic E-state index is 0.0179. The van der Waals surface area contributed by atoms with Gasteiger partial charge in [0.15, 0.2) is 0 Å². The van der Waals surface area contributed by atoms with Crippen LogP contribution in [0.15, 0.2) is 53.1 Å². The standard InChI is InChI=1S/C25H30N2O3/c1-3-18-9-10-22-20(17-30-24(22)13-18)15-25(28)26-16-23(27-11-4-5-12-27)19-7-6-8-21(14-19)29-2/h6-10,13-14,17,23H,3-5,11-12,15-16H2,1-2H3,(H,26,28). The zero-order valence-electron chi connectivity index (χ0n) is 17.8. The van der Waals surface area contributed by atoms with Crippen molar-refractivity contribution in [2.45, 2.75) is 38.6 Å². The zero-order valence-corrected chi connectivity index (χ0v) is 17.8. The molecule has 1 saturated heterocycles. The van der Waals surface area contributed by atoms with Crippen LogP contribution in [0.2, 0.25) is 0 Å². The number of fused-ring (bicyclic) bond motifs is 1. The molecule has 5 nitrogen and oxygen atoms in total. The number of nitrogens with one attached hydrogen (secondary N) is 1. The summed E-state index contributed by atoms with van der Waals surface area (Å²) in [7, 11) is 1.68. The SMILES string of the molecule is CCc1ccc2c(CC(=O)NCC(c3cccc(OC)c3)N3CCCC3)coc2c1. The van der Waals surface area contributed by atoms with E-state index >= 15 is 0 Å². The maximum absolute atomic E-state index is 12.8. The Labute approximate surface area is 178 Å².